The van der Waals surface area contributed by atoms with E-state index in [4.69, 9.17) is 9.84 Å². The molecule has 1 aromatic carbocycles. The average molecular weight is 368 g/mol. The third-order valence-electron chi connectivity index (χ3n) is 4.96. The van der Waals surface area contributed by atoms with Crippen molar-refractivity contribution in [3.63, 3.8) is 0 Å². The molecular formula is C21H24N2O4. The monoisotopic (exact) mass is 368 g/mol. The summed E-state index contributed by atoms with van der Waals surface area (Å²) in [5.41, 5.74) is 2.13. The third-order valence-corrected chi connectivity index (χ3v) is 4.96. The first-order chi connectivity index (χ1) is 13.1. The molecule has 1 amide bonds. The largest absolute Gasteiger partial charge is 0.496 e. The zero-order valence-electron chi connectivity index (χ0n) is 15.4. The molecular weight excluding hydrogens is 344 g/mol. The highest BCUT2D eigenvalue weighted by Gasteiger charge is 2.25. The number of nitrogens with zero attached hydrogens (tertiary/aromatic N) is 2. The number of piperidine rings is 1. The molecule has 1 aliphatic heterocycles. The molecule has 0 radical (unpaired) electrons. The molecule has 1 saturated heterocycles. The lowest BCUT2D eigenvalue weighted by molar-refractivity contribution is -0.137. The number of carboxylic acid groups (broad SMARTS) is 1. The number of carbonyl (C=O) groups excluding carboxylic acids is 1. The zero-order chi connectivity index (χ0) is 19.2. The van der Waals surface area contributed by atoms with Crippen LogP contribution in [-0.4, -0.2) is 47.1 Å². The minimum atomic E-state index is -0.784. The number of methoxy groups -OCH3 is 1. The fourth-order valence-corrected chi connectivity index (χ4v) is 3.56. The van der Waals surface area contributed by atoms with Crippen LogP contribution in [0.2, 0.25) is 0 Å². The Morgan fingerprint density at radius 2 is 2.15 bits per heavy atom. The molecule has 2 heterocycles. The molecule has 3 rings (SSSR count). The SMILES string of the molecule is COc1ccc(C(=O)N2CCCC(CCC(=O)O)C2)cc1-c1ccccn1. The van der Waals surface area contributed by atoms with Crippen molar-refractivity contribution >= 4 is 11.9 Å². The molecule has 1 atom stereocenters. The molecule has 1 unspecified atom stereocenters. The number of ether oxygens (including phenoxy) is 1. The van der Waals surface area contributed by atoms with Crippen LogP contribution in [0.5, 0.6) is 5.75 Å². The summed E-state index contributed by atoms with van der Waals surface area (Å²) in [4.78, 5) is 30.0. The van der Waals surface area contributed by atoms with Crippen molar-refractivity contribution in [2.75, 3.05) is 20.2 Å². The fourth-order valence-electron chi connectivity index (χ4n) is 3.56. The van der Waals surface area contributed by atoms with Gasteiger partial charge in [0.1, 0.15) is 5.75 Å². The van der Waals surface area contributed by atoms with Crippen LogP contribution in [0.25, 0.3) is 11.3 Å². The fraction of sp³-hybridized carbons (Fsp3) is 0.381. The van der Waals surface area contributed by atoms with E-state index in [1.165, 1.54) is 0 Å². The van der Waals surface area contributed by atoms with Crippen LogP contribution in [0, 0.1) is 5.92 Å². The second-order valence-electron chi connectivity index (χ2n) is 6.82. The van der Waals surface area contributed by atoms with E-state index in [9.17, 15) is 9.59 Å². The molecule has 0 spiro atoms. The molecule has 142 valence electrons. The maximum atomic E-state index is 13.0. The van der Waals surface area contributed by atoms with Gasteiger partial charge >= 0.3 is 5.97 Å². The Balaban J connectivity index is 1.79. The second kappa shape index (κ2) is 8.66. The Morgan fingerprint density at radius 3 is 2.85 bits per heavy atom. The van der Waals surface area contributed by atoms with Gasteiger partial charge in [0.15, 0.2) is 0 Å². The normalized spacial score (nSPS) is 16.8. The molecule has 1 fully saturated rings. The van der Waals surface area contributed by atoms with Crippen molar-refractivity contribution in [3.05, 3.63) is 48.2 Å². The topological polar surface area (TPSA) is 79.7 Å². The molecule has 1 aliphatic rings. The van der Waals surface area contributed by atoms with Crippen molar-refractivity contribution in [2.45, 2.75) is 25.7 Å². The van der Waals surface area contributed by atoms with Gasteiger partial charge in [-0.15, -0.1) is 0 Å². The van der Waals surface area contributed by atoms with E-state index in [-0.39, 0.29) is 18.2 Å². The summed E-state index contributed by atoms with van der Waals surface area (Å²) < 4.78 is 5.43. The van der Waals surface area contributed by atoms with E-state index in [0.29, 0.717) is 30.8 Å². The van der Waals surface area contributed by atoms with Crippen LogP contribution in [0.4, 0.5) is 0 Å². The summed E-state index contributed by atoms with van der Waals surface area (Å²) in [6.45, 7) is 1.31. The smallest absolute Gasteiger partial charge is 0.303 e. The number of hydrogen-bond donors (Lipinski definition) is 1. The lowest BCUT2D eigenvalue weighted by atomic mass is 9.93. The number of likely N-dealkylation sites (tertiary alicyclic amines) is 1. The van der Waals surface area contributed by atoms with Crippen LogP contribution in [0.15, 0.2) is 42.6 Å². The van der Waals surface area contributed by atoms with Crippen molar-refractivity contribution in [2.24, 2.45) is 5.92 Å². The van der Waals surface area contributed by atoms with Gasteiger partial charge in [0.2, 0.25) is 0 Å². The number of amides is 1. The summed E-state index contributed by atoms with van der Waals surface area (Å²) in [5.74, 6) is 0.0963. The van der Waals surface area contributed by atoms with Gasteiger partial charge in [-0.1, -0.05) is 6.07 Å². The first-order valence-corrected chi connectivity index (χ1v) is 9.19. The maximum Gasteiger partial charge on any atom is 0.303 e. The Bertz CT molecular complexity index is 807. The van der Waals surface area contributed by atoms with Crippen LogP contribution < -0.4 is 4.74 Å². The van der Waals surface area contributed by atoms with Gasteiger partial charge < -0.3 is 14.7 Å². The van der Waals surface area contributed by atoms with Gasteiger partial charge in [-0.2, -0.15) is 0 Å². The first-order valence-electron chi connectivity index (χ1n) is 9.19. The van der Waals surface area contributed by atoms with E-state index in [2.05, 4.69) is 4.98 Å². The van der Waals surface area contributed by atoms with Crippen LogP contribution >= 0.6 is 0 Å². The Hall–Kier alpha value is -2.89. The van der Waals surface area contributed by atoms with Crippen LogP contribution in [0.3, 0.4) is 0 Å². The van der Waals surface area contributed by atoms with Crippen molar-refractivity contribution in [1.29, 1.82) is 0 Å². The number of benzene rings is 1. The van der Waals surface area contributed by atoms with E-state index in [1.807, 2.05) is 29.2 Å². The lowest BCUT2D eigenvalue weighted by Crippen LogP contribution is -2.40. The number of aliphatic carboxylic acids is 1. The molecule has 27 heavy (non-hydrogen) atoms. The Kier molecular flexibility index (Phi) is 6.06. The molecule has 6 nitrogen and oxygen atoms in total. The van der Waals surface area contributed by atoms with Gasteiger partial charge in [0, 0.05) is 36.8 Å². The molecule has 0 aliphatic carbocycles. The standard InChI is InChI=1S/C21H24N2O4/c1-27-19-9-8-16(13-17(19)18-6-2-3-11-22-18)21(26)23-12-4-5-15(14-23)7-10-20(24)25/h2-3,6,8-9,11,13,15H,4-5,7,10,12,14H2,1H3,(H,24,25). The molecule has 0 saturated carbocycles. The third kappa shape index (κ3) is 4.64. The highest BCUT2D eigenvalue weighted by Crippen LogP contribution is 2.30. The Labute approximate surface area is 158 Å². The van der Waals surface area contributed by atoms with E-state index >= 15 is 0 Å². The van der Waals surface area contributed by atoms with Gasteiger partial charge in [0.05, 0.1) is 12.8 Å². The van der Waals surface area contributed by atoms with Gasteiger partial charge in [0.25, 0.3) is 5.91 Å². The molecule has 1 N–H and O–H groups in total. The minimum Gasteiger partial charge on any atom is -0.496 e. The summed E-state index contributed by atoms with van der Waals surface area (Å²) >= 11 is 0. The number of rotatable bonds is 6. The Morgan fingerprint density at radius 1 is 1.30 bits per heavy atom. The molecule has 6 heteroatoms. The van der Waals surface area contributed by atoms with Gasteiger partial charge in [-0.25, -0.2) is 0 Å². The van der Waals surface area contributed by atoms with E-state index in [0.717, 1.165) is 24.1 Å². The molecule has 1 aromatic heterocycles. The lowest BCUT2D eigenvalue weighted by Gasteiger charge is -2.32. The van der Waals surface area contributed by atoms with Crippen LogP contribution in [0.1, 0.15) is 36.0 Å². The molecule has 0 bridgehead atoms. The maximum absolute atomic E-state index is 13.0. The quantitative estimate of drug-likeness (QED) is 0.844. The van der Waals surface area contributed by atoms with Crippen molar-refractivity contribution in [1.82, 2.24) is 9.88 Å². The number of hydrogen-bond acceptors (Lipinski definition) is 4. The molecule has 2 aromatic rings. The second-order valence-corrected chi connectivity index (χ2v) is 6.82. The van der Waals surface area contributed by atoms with E-state index in [1.54, 1.807) is 25.4 Å². The van der Waals surface area contributed by atoms with Crippen LogP contribution in [-0.2, 0) is 4.79 Å². The zero-order valence-corrected chi connectivity index (χ0v) is 15.4. The number of carbonyl (C=O) groups is 2. The summed E-state index contributed by atoms with van der Waals surface area (Å²) in [6.07, 6.45) is 4.35. The predicted molar refractivity (Wildman–Crippen MR) is 102 cm³/mol. The van der Waals surface area contributed by atoms with Crippen molar-refractivity contribution in [3.8, 4) is 17.0 Å². The number of carboxylic acids is 1. The van der Waals surface area contributed by atoms with Gasteiger partial charge in [-0.3, -0.25) is 14.6 Å². The highest BCUT2D eigenvalue weighted by molar-refractivity contribution is 5.96. The summed E-state index contributed by atoms with van der Waals surface area (Å²) in [6, 6.07) is 11.0. The first kappa shape index (κ1) is 18.9. The predicted octanol–water partition coefficient (Wildman–Crippen LogP) is 3.47. The van der Waals surface area contributed by atoms with Crippen molar-refractivity contribution < 1.29 is 19.4 Å². The summed E-state index contributed by atoms with van der Waals surface area (Å²) in [5, 5.41) is 8.89. The highest BCUT2D eigenvalue weighted by atomic mass is 16.5. The number of aromatic nitrogens is 1. The minimum absolute atomic E-state index is 0.0325. The average Bonchev–Trinajstić information content (AvgIpc) is 2.72. The van der Waals surface area contributed by atoms with Gasteiger partial charge in [-0.05, 0) is 55.5 Å². The van der Waals surface area contributed by atoms with E-state index < -0.39 is 5.97 Å². The summed E-state index contributed by atoms with van der Waals surface area (Å²) in [7, 11) is 1.60. The number of pyridine rings is 1.